The molecule has 0 spiro atoms. The summed E-state index contributed by atoms with van der Waals surface area (Å²) in [5.74, 6) is -1.88. The number of hydrogen-bond donors (Lipinski definition) is 1. The van der Waals surface area contributed by atoms with Crippen LogP contribution in [0.1, 0.15) is 0 Å². The summed E-state index contributed by atoms with van der Waals surface area (Å²) in [5.41, 5.74) is 0. The molecule has 0 aromatic rings. The highest BCUT2D eigenvalue weighted by atomic mass is 19.2. The van der Waals surface area contributed by atoms with Crippen LogP contribution in [0.3, 0.4) is 0 Å². The van der Waals surface area contributed by atoms with E-state index < -0.39 is 5.85 Å². The molecule has 2 nitrogen and oxygen atoms in total. The van der Waals surface area contributed by atoms with Gasteiger partial charge in [-0.25, -0.2) is 4.39 Å². The van der Waals surface area contributed by atoms with E-state index in [0.717, 1.165) is 0 Å². The summed E-state index contributed by atoms with van der Waals surface area (Å²) in [5, 5.41) is 8.38. The van der Waals surface area contributed by atoms with E-state index in [1.807, 2.05) is 0 Å². The Morgan fingerprint density at radius 1 is 1.71 bits per heavy atom. The van der Waals surface area contributed by atoms with Gasteiger partial charge in [-0.15, -0.1) is 0 Å². The lowest BCUT2D eigenvalue weighted by Gasteiger charge is -2.37. The third-order valence-corrected chi connectivity index (χ3v) is 1.02. The first-order valence-corrected chi connectivity index (χ1v) is 2.20. The van der Waals surface area contributed by atoms with Gasteiger partial charge in [-0.1, -0.05) is 0 Å². The van der Waals surface area contributed by atoms with Gasteiger partial charge in [0.1, 0.15) is 0 Å². The highest BCUT2D eigenvalue weighted by Crippen LogP contribution is 2.18. The smallest absolute Gasteiger partial charge is 0.232 e. The Labute approximate surface area is 41.5 Å². The molecule has 0 saturated carbocycles. The van der Waals surface area contributed by atoms with Gasteiger partial charge in [-0.2, -0.15) is 0 Å². The maximum absolute atomic E-state index is 12.0. The van der Waals surface area contributed by atoms with E-state index >= 15 is 0 Å². The molecule has 1 saturated heterocycles. The summed E-state index contributed by atoms with van der Waals surface area (Å²) >= 11 is 0. The average molecular weight is 105 g/mol. The van der Waals surface area contributed by atoms with Crippen LogP contribution in [0, 0.1) is 0 Å². The third kappa shape index (κ3) is 0.894. The van der Waals surface area contributed by atoms with Gasteiger partial charge in [-0.3, -0.25) is 4.90 Å². The van der Waals surface area contributed by atoms with Gasteiger partial charge in [0.2, 0.25) is 5.85 Å². The first-order valence-electron chi connectivity index (χ1n) is 2.20. The van der Waals surface area contributed by atoms with Gasteiger partial charge in [0.05, 0.1) is 13.1 Å². The van der Waals surface area contributed by atoms with Crippen molar-refractivity contribution in [2.45, 2.75) is 5.85 Å². The molecule has 7 heavy (non-hydrogen) atoms. The fraction of sp³-hybridized carbons (Fsp3) is 1.00. The van der Waals surface area contributed by atoms with Crippen molar-refractivity contribution in [2.75, 3.05) is 20.1 Å². The molecule has 1 heterocycles. The summed E-state index contributed by atoms with van der Waals surface area (Å²) in [7, 11) is 1.76. The van der Waals surface area contributed by atoms with Gasteiger partial charge >= 0.3 is 0 Å². The zero-order valence-corrected chi connectivity index (χ0v) is 4.19. The van der Waals surface area contributed by atoms with Gasteiger partial charge in [-0.05, 0) is 7.05 Å². The molecule has 1 N–H and O–H groups in total. The molecule has 0 unspecified atom stereocenters. The lowest BCUT2D eigenvalue weighted by atomic mass is 10.1. The van der Waals surface area contributed by atoms with E-state index in [1.165, 1.54) is 0 Å². The molecule has 0 radical (unpaired) electrons. The van der Waals surface area contributed by atoms with Crippen LogP contribution in [-0.4, -0.2) is 36.0 Å². The summed E-state index contributed by atoms with van der Waals surface area (Å²) in [6.07, 6.45) is 0. The molecule has 0 atom stereocenters. The van der Waals surface area contributed by atoms with Crippen LogP contribution in [0.5, 0.6) is 0 Å². The number of nitrogens with zero attached hydrogens (tertiary/aromatic N) is 1. The molecule has 0 aromatic carbocycles. The number of β-amino-alcohol motifs (C(OH)–C–C–N with tert-alkyl or cyclic N) is 1. The van der Waals surface area contributed by atoms with Crippen molar-refractivity contribution >= 4 is 0 Å². The molecule has 0 aromatic heterocycles. The molecule has 1 fully saturated rings. The number of likely N-dealkylation sites (tertiary alicyclic amines) is 1. The quantitative estimate of drug-likeness (QED) is 0.452. The minimum Gasteiger partial charge on any atom is -0.360 e. The molecule has 1 aliphatic rings. The van der Waals surface area contributed by atoms with Crippen LogP contribution in [0.4, 0.5) is 4.39 Å². The second-order valence-corrected chi connectivity index (χ2v) is 2.09. The van der Waals surface area contributed by atoms with Crippen LogP contribution < -0.4 is 0 Å². The van der Waals surface area contributed by atoms with Crippen molar-refractivity contribution in [3.63, 3.8) is 0 Å². The summed E-state index contributed by atoms with van der Waals surface area (Å²) in [6.45, 7) is 0.319. The zero-order valence-electron chi connectivity index (χ0n) is 4.19. The Morgan fingerprint density at radius 2 is 2.14 bits per heavy atom. The molecule has 3 heteroatoms. The lowest BCUT2D eigenvalue weighted by Crippen LogP contribution is -2.56. The monoisotopic (exact) mass is 105 g/mol. The third-order valence-electron chi connectivity index (χ3n) is 1.02. The molecule has 0 aliphatic carbocycles. The Balaban J connectivity index is 2.29. The topological polar surface area (TPSA) is 23.5 Å². The number of halogens is 1. The molecular weight excluding hydrogens is 97.0 g/mol. The van der Waals surface area contributed by atoms with E-state index in [0.29, 0.717) is 0 Å². The van der Waals surface area contributed by atoms with Crippen molar-refractivity contribution < 1.29 is 9.50 Å². The van der Waals surface area contributed by atoms with Crippen LogP contribution in [0.2, 0.25) is 0 Å². The van der Waals surface area contributed by atoms with E-state index in [2.05, 4.69) is 0 Å². The zero-order chi connectivity index (χ0) is 5.49. The number of aliphatic hydroxyl groups is 1. The van der Waals surface area contributed by atoms with Crippen molar-refractivity contribution in [1.29, 1.82) is 0 Å². The molecule has 1 aliphatic heterocycles. The van der Waals surface area contributed by atoms with Crippen LogP contribution in [0.25, 0.3) is 0 Å². The fourth-order valence-electron chi connectivity index (χ4n) is 0.781. The first kappa shape index (κ1) is 5.00. The Kier molecular flexibility index (Phi) is 0.834. The van der Waals surface area contributed by atoms with Gasteiger partial charge < -0.3 is 5.11 Å². The standard InChI is InChI=1S/C4H8FNO/c1-6-2-4(5,7)3-6/h7H,2-3H2,1H3. The van der Waals surface area contributed by atoms with Crippen LogP contribution in [-0.2, 0) is 0 Å². The van der Waals surface area contributed by atoms with Crippen molar-refractivity contribution in [2.24, 2.45) is 0 Å². The second kappa shape index (κ2) is 1.17. The second-order valence-electron chi connectivity index (χ2n) is 2.09. The van der Waals surface area contributed by atoms with Gasteiger partial charge in [0.15, 0.2) is 0 Å². The Morgan fingerprint density at radius 3 is 2.14 bits per heavy atom. The minimum atomic E-state index is -1.88. The minimum absolute atomic E-state index is 0.160. The molecule has 0 amide bonds. The average Bonchev–Trinajstić information content (AvgIpc) is 1.27. The SMILES string of the molecule is CN1CC(O)(F)C1. The highest BCUT2D eigenvalue weighted by Gasteiger charge is 2.38. The Bertz CT molecular complexity index is 75.8. The van der Waals surface area contributed by atoms with E-state index in [4.69, 9.17) is 5.11 Å². The summed E-state index contributed by atoms with van der Waals surface area (Å²) in [4.78, 5) is 1.71. The van der Waals surface area contributed by atoms with Crippen LogP contribution >= 0.6 is 0 Å². The van der Waals surface area contributed by atoms with Crippen molar-refractivity contribution in [1.82, 2.24) is 4.90 Å². The van der Waals surface area contributed by atoms with E-state index in [-0.39, 0.29) is 13.1 Å². The number of rotatable bonds is 0. The summed E-state index contributed by atoms with van der Waals surface area (Å²) < 4.78 is 12.0. The predicted octanol–water partition coefficient (Wildman–Crippen LogP) is -0.410. The largest absolute Gasteiger partial charge is 0.360 e. The molecular formula is C4H8FNO. The van der Waals surface area contributed by atoms with Gasteiger partial charge in [0, 0.05) is 0 Å². The molecule has 0 bridgehead atoms. The lowest BCUT2D eigenvalue weighted by molar-refractivity contribution is -0.181. The number of likely N-dealkylation sites (N-methyl/N-ethyl adjacent to an activating group) is 1. The first-order chi connectivity index (χ1) is 3.10. The van der Waals surface area contributed by atoms with E-state index in [9.17, 15) is 4.39 Å². The molecule has 1 rings (SSSR count). The van der Waals surface area contributed by atoms with Crippen molar-refractivity contribution in [3.05, 3.63) is 0 Å². The Hall–Kier alpha value is -0.150. The van der Waals surface area contributed by atoms with E-state index in [1.54, 1.807) is 11.9 Å². The normalized spacial score (nSPS) is 29.6. The maximum Gasteiger partial charge on any atom is 0.232 e. The van der Waals surface area contributed by atoms with Crippen LogP contribution in [0.15, 0.2) is 0 Å². The summed E-state index contributed by atoms with van der Waals surface area (Å²) in [6, 6.07) is 0. The predicted molar refractivity (Wildman–Crippen MR) is 23.6 cm³/mol. The number of hydrogen-bond acceptors (Lipinski definition) is 2. The maximum atomic E-state index is 12.0. The number of alkyl halides is 1. The van der Waals surface area contributed by atoms with Crippen molar-refractivity contribution in [3.8, 4) is 0 Å². The highest BCUT2D eigenvalue weighted by molar-refractivity contribution is 4.83. The fourth-order valence-corrected chi connectivity index (χ4v) is 0.781. The van der Waals surface area contributed by atoms with Gasteiger partial charge in [0.25, 0.3) is 0 Å². The molecule has 42 valence electrons.